The van der Waals surface area contributed by atoms with Crippen molar-refractivity contribution in [3.8, 4) is 0 Å². The summed E-state index contributed by atoms with van der Waals surface area (Å²) >= 11 is 0. The molecular weight excluding hydrogens is 238 g/mol. The number of carbonyl (C=O) groups excluding carboxylic acids is 1. The molecule has 1 aromatic carbocycles. The van der Waals surface area contributed by atoms with Crippen LogP contribution in [0.2, 0.25) is 0 Å². The summed E-state index contributed by atoms with van der Waals surface area (Å²) < 4.78 is 0. The van der Waals surface area contributed by atoms with Crippen LogP contribution < -0.4 is 10.6 Å². The number of nitrogens with zero attached hydrogens (tertiary/aromatic N) is 2. The van der Waals surface area contributed by atoms with Crippen LogP contribution in [0.1, 0.15) is 23.1 Å². The highest BCUT2D eigenvalue weighted by Gasteiger charge is 2.17. The zero-order valence-corrected chi connectivity index (χ0v) is 11.1. The Balaban J connectivity index is 2.31. The molecule has 0 atom stereocenters. The van der Waals surface area contributed by atoms with Crippen LogP contribution in [0.25, 0.3) is 0 Å². The van der Waals surface area contributed by atoms with Gasteiger partial charge in [0.2, 0.25) is 0 Å². The van der Waals surface area contributed by atoms with Crippen LogP contribution in [0.15, 0.2) is 42.5 Å². The molecule has 19 heavy (non-hydrogen) atoms. The van der Waals surface area contributed by atoms with Crippen LogP contribution in [0.5, 0.6) is 0 Å². The van der Waals surface area contributed by atoms with E-state index in [9.17, 15) is 4.79 Å². The van der Waals surface area contributed by atoms with Crippen LogP contribution >= 0.6 is 0 Å². The number of hydrogen-bond acceptors (Lipinski definition) is 3. The van der Waals surface area contributed by atoms with Crippen LogP contribution in [-0.4, -0.2) is 17.4 Å². The van der Waals surface area contributed by atoms with Gasteiger partial charge < -0.3 is 10.6 Å². The number of rotatable bonds is 3. The lowest BCUT2D eigenvalue weighted by Crippen LogP contribution is -2.31. The normalized spacial score (nSPS) is 10.2. The SMILES string of the molecule is CCN(C(=O)c1cccc(C)n1)c1ccc(N)cc1. The summed E-state index contributed by atoms with van der Waals surface area (Å²) in [6.07, 6.45) is 0. The molecule has 0 unspecified atom stereocenters. The molecule has 2 aromatic rings. The van der Waals surface area contributed by atoms with E-state index in [1.807, 2.05) is 38.1 Å². The molecule has 1 heterocycles. The molecule has 0 aliphatic rings. The lowest BCUT2D eigenvalue weighted by Gasteiger charge is -2.20. The number of benzene rings is 1. The molecule has 0 saturated carbocycles. The van der Waals surface area contributed by atoms with Gasteiger partial charge >= 0.3 is 0 Å². The van der Waals surface area contributed by atoms with Crippen LogP contribution in [0, 0.1) is 6.92 Å². The number of amides is 1. The van der Waals surface area contributed by atoms with Crippen molar-refractivity contribution in [3.63, 3.8) is 0 Å². The Kier molecular flexibility index (Phi) is 3.80. The Morgan fingerprint density at radius 1 is 1.21 bits per heavy atom. The maximum absolute atomic E-state index is 12.4. The number of nitrogen functional groups attached to an aromatic ring is 1. The summed E-state index contributed by atoms with van der Waals surface area (Å²) in [4.78, 5) is 18.4. The molecule has 0 spiro atoms. The summed E-state index contributed by atoms with van der Waals surface area (Å²) in [5, 5.41) is 0. The van der Waals surface area contributed by atoms with Crippen molar-refractivity contribution in [1.82, 2.24) is 4.98 Å². The minimum atomic E-state index is -0.101. The topological polar surface area (TPSA) is 59.2 Å². The van der Waals surface area contributed by atoms with Gasteiger partial charge in [0, 0.05) is 23.6 Å². The van der Waals surface area contributed by atoms with Crippen LogP contribution in [0.3, 0.4) is 0 Å². The highest BCUT2D eigenvalue weighted by Crippen LogP contribution is 2.18. The molecule has 4 nitrogen and oxygen atoms in total. The molecule has 0 saturated heterocycles. The third kappa shape index (κ3) is 2.91. The fraction of sp³-hybridized carbons (Fsp3) is 0.200. The lowest BCUT2D eigenvalue weighted by molar-refractivity contribution is 0.0983. The van der Waals surface area contributed by atoms with E-state index in [1.165, 1.54) is 0 Å². The van der Waals surface area contributed by atoms with Gasteiger partial charge in [-0.15, -0.1) is 0 Å². The van der Waals surface area contributed by atoms with E-state index in [1.54, 1.807) is 23.1 Å². The number of aryl methyl sites for hydroxylation is 1. The van der Waals surface area contributed by atoms with Gasteiger partial charge in [0.25, 0.3) is 5.91 Å². The van der Waals surface area contributed by atoms with Crippen molar-refractivity contribution < 1.29 is 4.79 Å². The lowest BCUT2D eigenvalue weighted by atomic mass is 10.2. The number of aromatic nitrogens is 1. The zero-order chi connectivity index (χ0) is 13.8. The second-order valence-corrected chi connectivity index (χ2v) is 4.31. The summed E-state index contributed by atoms with van der Waals surface area (Å²) in [5.74, 6) is -0.101. The van der Waals surface area contributed by atoms with Crippen molar-refractivity contribution >= 4 is 17.3 Å². The second kappa shape index (κ2) is 5.52. The van der Waals surface area contributed by atoms with Crippen molar-refractivity contribution in [2.24, 2.45) is 0 Å². The van der Waals surface area contributed by atoms with Gasteiger partial charge in [0.05, 0.1) is 0 Å². The summed E-state index contributed by atoms with van der Waals surface area (Å²) in [5.41, 5.74) is 8.45. The van der Waals surface area contributed by atoms with Gasteiger partial charge in [-0.3, -0.25) is 4.79 Å². The van der Waals surface area contributed by atoms with E-state index in [2.05, 4.69) is 4.98 Å². The first-order chi connectivity index (χ1) is 9.11. The first-order valence-electron chi connectivity index (χ1n) is 6.23. The first kappa shape index (κ1) is 13.1. The zero-order valence-electron chi connectivity index (χ0n) is 11.1. The maximum atomic E-state index is 12.4. The van der Waals surface area contributed by atoms with Crippen molar-refractivity contribution in [2.75, 3.05) is 17.2 Å². The average molecular weight is 255 g/mol. The Bertz CT molecular complexity index is 578. The molecular formula is C15H17N3O. The van der Waals surface area contributed by atoms with Gasteiger partial charge in [-0.1, -0.05) is 6.07 Å². The monoisotopic (exact) mass is 255 g/mol. The summed E-state index contributed by atoms with van der Waals surface area (Å²) in [6.45, 7) is 4.39. The Morgan fingerprint density at radius 3 is 2.47 bits per heavy atom. The van der Waals surface area contributed by atoms with E-state index in [4.69, 9.17) is 5.73 Å². The third-order valence-corrected chi connectivity index (χ3v) is 2.87. The van der Waals surface area contributed by atoms with Gasteiger partial charge in [0.1, 0.15) is 5.69 Å². The molecule has 2 rings (SSSR count). The molecule has 0 aliphatic heterocycles. The fourth-order valence-electron chi connectivity index (χ4n) is 1.90. The molecule has 2 N–H and O–H groups in total. The smallest absolute Gasteiger partial charge is 0.276 e. The number of nitrogens with two attached hydrogens (primary N) is 1. The van der Waals surface area contributed by atoms with Gasteiger partial charge in [-0.2, -0.15) is 0 Å². The summed E-state index contributed by atoms with van der Waals surface area (Å²) in [7, 11) is 0. The van der Waals surface area contributed by atoms with Gasteiger partial charge in [-0.05, 0) is 50.2 Å². The molecule has 1 amide bonds. The van der Waals surface area contributed by atoms with E-state index >= 15 is 0 Å². The molecule has 0 fully saturated rings. The minimum Gasteiger partial charge on any atom is -0.399 e. The molecule has 98 valence electrons. The largest absolute Gasteiger partial charge is 0.399 e. The van der Waals surface area contributed by atoms with E-state index in [-0.39, 0.29) is 5.91 Å². The van der Waals surface area contributed by atoms with Crippen molar-refractivity contribution in [2.45, 2.75) is 13.8 Å². The average Bonchev–Trinajstić information content (AvgIpc) is 2.41. The van der Waals surface area contributed by atoms with Gasteiger partial charge in [-0.25, -0.2) is 4.98 Å². The number of hydrogen-bond donors (Lipinski definition) is 1. The fourth-order valence-corrected chi connectivity index (χ4v) is 1.90. The van der Waals surface area contributed by atoms with Gasteiger partial charge in [0.15, 0.2) is 0 Å². The highest BCUT2D eigenvalue weighted by molar-refractivity contribution is 6.04. The van der Waals surface area contributed by atoms with E-state index in [0.717, 1.165) is 11.4 Å². The van der Waals surface area contributed by atoms with E-state index < -0.39 is 0 Å². The highest BCUT2D eigenvalue weighted by atomic mass is 16.2. The van der Waals surface area contributed by atoms with Crippen molar-refractivity contribution in [1.29, 1.82) is 0 Å². The van der Waals surface area contributed by atoms with Crippen LogP contribution in [-0.2, 0) is 0 Å². The number of pyridine rings is 1. The van der Waals surface area contributed by atoms with Crippen molar-refractivity contribution in [3.05, 3.63) is 53.9 Å². The Hall–Kier alpha value is -2.36. The Labute approximate surface area is 112 Å². The third-order valence-electron chi connectivity index (χ3n) is 2.87. The van der Waals surface area contributed by atoms with E-state index in [0.29, 0.717) is 17.9 Å². The first-order valence-corrected chi connectivity index (χ1v) is 6.23. The molecule has 0 aliphatic carbocycles. The molecule has 4 heteroatoms. The summed E-state index contributed by atoms with van der Waals surface area (Å²) in [6, 6.07) is 12.7. The Morgan fingerprint density at radius 2 is 1.89 bits per heavy atom. The predicted octanol–water partition coefficient (Wildman–Crippen LogP) is 2.64. The number of carbonyl (C=O) groups is 1. The molecule has 0 bridgehead atoms. The second-order valence-electron chi connectivity index (χ2n) is 4.31. The maximum Gasteiger partial charge on any atom is 0.276 e. The molecule has 0 radical (unpaired) electrons. The quantitative estimate of drug-likeness (QED) is 0.858. The molecule has 1 aromatic heterocycles. The van der Waals surface area contributed by atoms with Crippen LogP contribution in [0.4, 0.5) is 11.4 Å². The minimum absolute atomic E-state index is 0.101. The standard InChI is InChI=1S/C15H17N3O/c1-3-18(13-9-7-12(16)8-10-13)15(19)14-6-4-5-11(2)17-14/h4-10H,3,16H2,1-2H3. The number of anilines is 2. The predicted molar refractivity (Wildman–Crippen MR) is 77.2 cm³/mol.